The number of aryl methyl sites for hydroxylation is 1. The fourth-order valence-electron chi connectivity index (χ4n) is 4.48. The largest absolute Gasteiger partial charge is 0.356 e. The van der Waals surface area contributed by atoms with Crippen molar-refractivity contribution in [1.29, 1.82) is 0 Å². The van der Waals surface area contributed by atoms with E-state index in [9.17, 15) is 4.79 Å². The number of amidine groups is 1. The van der Waals surface area contributed by atoms with E-state index in [1.165, 1.54) is 5.56 Å². The van der Waals surface area contributed by atoms with E-state index in [0.29, 0.717) is 32.0 Å². The van der Waals surface area contributed by atoms with Gasteiger partial charge in [0.25, 0.3) is 0 Å². The van der Waals surface area contributed by atoms with Crippen LogP contribution in [0.3, 0.4) is 0 Å². The number of carbonyl (C=O) groups is 1. The highest BCUT2D eigenvalue weighted by Gasteiger charge is 2.16. The van der Waals surface area contributed by atoms with Gasteiger partial charge in [0, 0.05) is 50.8 Å². The summed E-state index contributed by atoms with van der Waals surface area (Å²) in [6, 6.07) is 8.53. The van der Waals surface area contributed by atoms with E-state index in [4.69, 9.17) is 16.5 Å². The summed E-state index contributed by atoms with van der Waals surface area (Å²) in [5, 5.41) is 6.56. The number of nitrogens with two attached hydrogens (primary N) is 2. The fraction of sp³-hybridized carbons (Fsp3) is 0.655. The van der Waals surface area contributed by atoms with Crippen molar-refractivity contribution in [3.8, 4) is 0 Å². The average Bonchev–Trinajstić information content (AvgIpc) is 2.86. The monoisotopic (exact) mass is 500 g/mol. The van der Waals surface area contributed by atoms with E-state index < -0.39 is 0 Å². The Hall–Kier alpha value is -2.22. The zero-order valence-corrected chi connectivity index (χ0v) is 23.3. The first kappa shape index (κ1) is 31.8. The first-order chi connectivity index (χ1) is 17.4. The second-order valence-electron chi connectivity index (χ2n) is 9.74. The van der Waals surface area contributed by atoms with Crippen LogP contribution >= 0.6 is 0 Å². The SMILES string of the molecule is C=C(NC(=NCC)C(CCC)CCC)c1ccc(CCCNC(=O)CC(CN)CN(C)CCN)cc1. The highest BCUT2D eigenvalue weighted by Crippen LogP contribution is 2.18. The van der Waals surface area contributed by atoms with Crippen molar-refractivity contribution in [2.45, 2.75) is 65.7 Å². The highest BCUT2D eigenvalue weighted by atomic mass is 16.1. The molecule has 0 aliphatic rings. The number of amides is 1. The van der Waals surface area contributed by atoms with Gasteiger partial charge in [-0.3, -0.25) is 9.79 Å². The molecule has 0 saturated heterocycles. The third kappa shape index (κ3) is 12.7. The number of nitrogens with zero attached hydrogens (tertiary/aromatic N) is 2. The molecule has 1 unspecified atom stereocenters. The fourth-order valence-corrected chi connectivity index (χ4v) is 4.48. The van der Waals surface area contributed by atoms with Gasteiger partial charge in [0.2, 0.25) is 5.91 Å². The van der Waals surface area contributed by atoms with Gasteiger partial charge >= 0.3 is 0 Å². The molecule has 0 heterocycles. The normalized spacial score (nSPS) is 12.7. The minimum atomic E-state index is 0.0679. The highest BCUT2D eigenvalue weighted by molar-refractivity contribution is 5.92. The minimum absolute atomic E-state index is 0.0679. The molecule has 36 heavy (non-hydrogen) atoms. The summed E-state index contributed by atoms with van der Waals surface area (Å²) in [6.07, 6.45) is 6.84. The first-order valence-electron chi connectivity index (χ1n) is 13.8. The molecule has 0 aromatic heterocycles. The van der Waals surface area contributed by atoms with E-state index in [0.717, 1.165) is 75.3 Å². The van der Waals surface area contributed by atoms with Gasteiger partial charge in [0.15, 0.2) is 0 Å². The van der Waals surface area contributed by atoms with Gasteiger partial charge in [-0.2, -0.15) is 0 Å². The van der Waals surface area contributed by atoms with E-state index in [2.05, 4.69) is 67.1 Å². The standard InChI is InChI=1S/C29H52N6O/c1-6-10-27(11-7-2)29(32-8-3)34-23(4)26-15-13-24(14-16-26)12-9-18-33-28(36)20-25(21-31)22-35(5)19-17-30/h13-16,25,27H,4,6-12,17-22,30-31H2,1-3,5H3,(H,32,34)(H,33,36). The Balaban J connectivity index is 2.50. The Morgan fingerprint density at radius 3 is 2.33 bits per heavy atom. The third-order valence-electron chi connectivity index (χ3n) is 6.42. The molecule has 7 heteroatoms. The van der Waals surface area contributed by atoms with Crippen LogP contribution < -0.4 is 22.1 Å². The summed E-state index contributed by atoms with van der Waals surface area (Å²) in [7, 11) is 2.01. The lowest BCUT2D eigenvalue weighted by molar-refractivity contribution is -0.122. The van der Waals surface area contributed by atoms with Gasteiger partial charge in [0.05, 0.1) is 0 Å². The van der Waals surface area contributed by atoms with E-state index in [1.807, 2.05) is 7.05 Å². The van der Waals surface area contributed by atoms with Crippen LogP contribution in [-0.4, -0.2) is 63.0 Å². The molecule has 0 bridgehead atoms. The number of aliphatic imine (C=N–C) groups is 1. The average molecular weight is 501 g/mol. The van der Waals surface area contributed by atoms with Crippen molar-refractivity contribution in [1.82, 2.24) is 15.5 Å². The lowest BCUT2D eigenvalue weighted by Crippen LogP contribution is -2.36. The third-order valence-corrected chi connectivity index (χ3v) is 6.42. The molecule has 0 aliphatic heterocycles. The lowest BCUT2D eigenvalue weighted by Gasteiger charge is -2.22. The van der Waals surface area contributed by atoms with Crippen LogP contribution in [0.1, 0.15) is 70.4 Å². The topological polar surface area (TPSA) is 109 Å². The zero-order valence-electron chi connectivity index (χ0n) is 23.3. The van der Waals surface area contributed by atoms with Gasteiger partial charge in [-0.15, -0.1) is 0 Å². The Labute approximate surface area is 220 Å². The van der Waals surface area contributed by atoms with Crippen molar-refractivity contribution >= 4 is 17.4 Å². The molecule has 7 nitrogen and oxygen atoms in total. The smallest absolute Gasteiger partial charge is 0.220 e. The van der Waals surface area contributed by atoms with Crippen molar-refractivity contribution in [2.24, 2.45) is 28.3 Å². The Morgan fingerprint density at radius 2 is 1.78 bits per heavy atom. The van der Waals surface area contributed by atoms with E-state index in [-0.39, 0.29) is 11.8 Å². The summed E-state index contributed by atoms with van der Waals surface area (Å²) in [5.41, 5.74) is 14.7. The molecule has 1 rings (SSSR count). The van der Waals surface area contributed by atoms with Crippen LogP contribution in [0.5, 0.6) is 0 Å². The van der Waals surface area contributed by atoms with Crippen molar-refractivity contribution < 1.29 is 4.79 Å². The maximum Gasteiger partial charge on any atom is 0.220 e. The summed E-state index contributed by atoms with van der Waals surface area (Å²) in [6.45, 7) is 15.0. The maximum atomic E-state index is 12.3. The second kappa shape index (κ2) is 19.0. The number of carbonyl (C=O) groups excluding carboxylic acids is 1. The lowest BCUT2D eigenvalue weighted by atomic mass is 9.96. The molecule has 1 aromatic rings. The molecule has 0 aliphatic carbocycles. The van der Waals surface area contributed by atoms with Gasteiger partial charge in [-0.05, 0) is 63.2 Å². The number of rotatable bonds is 19. The van der Waals surface area contributed by atoms with Gasteiger partial charge in [-0.25, -0.2) is 0 Å². The quantitative estimate of drug-likeness (QED) is 0.131. The molecule has 0 fully saturated rings. The van der Waals surface area contributed by atoms with Crippen molar-refractivity contribution in [2.75, 3.05) is 46.3 Å². The number of hydrogen-bond donors (Lipinski definition) is 4. The summed E-state index contributed by atoms with van der Waals surface area (Å²) < 4.78 is 0. The molecule has 0 saturated carbocycles. The molecule has 1 aromatic carbocycles. The summed E-state index contributed by atoms with van der Waals surface area (Å²) in [5.74, 6) is 1.74. The van der Waals surface area contributed by atoms with Crippen LogP contribution in [0.25, 0.3) is 5.70 Å². The minimum Gasteiger partial charge on any atom is -0.356 e. The van der Waals surface area contributed by atoms with Gasteiger partial charge < -0.3 is 27.0 Å². The molecular weight excluding hydrogens is 448 g/mol. The summed E-state index contributed by atoms with van der Waals surface area (Å²) in [4.78, 5) is 19.2. The number of likely N-dealkylation sites (N-methyl/N-ethyl adjacent to an activating group) is 1. The molecule has 1 amide bonds. The molecule has 0 radical (unpaired) electrons. The predicted octanol–water partition coefficient (Wildman–Crippen LogP) is 3.79. The number of nitrogens with one attached hydrogen (secondary N) is 2. The first-order valence-corrected chi connectivity index (χ1v) is 13.8. The molecular formula is C29H52N6O. The Bertz CT molecular complexity index is 770. The summed E-state index contributed by atoms with van der Waals surface area (Å²) >= 11 is 0. The number of benzene rings is 1. The Morgan fingerprint density at radius 1 is 1.11 bits per heavy atom. The van der Waals surface area contributed by atoms with Gasteiger partial charge in [-0.1, -0.05) is 57.5 Å². The van der Waals surface area contributed by atoms with Crippen molar-refractivity contribution in [3.63, 3.8) is 0 Å². The van der Waals surface area contributed by atoms with Crippen LogP contribution in [0.2, 0.25) is 0 Å². The molecule has 6 N–H and O–H groups in total. The van der Waals surface area contributed by atoms with E-state index in [1.54, 1.807) is 0 Å². The predicted molar refractivity (Wildman–Crippen MR) is 155 cm³/mol. The molecule has 204 valence electrons. The van der Waals surface area contributed by atoms with Gasteiger partial charge in [0.1, 0.15) is 5.84 Å². The van der Waals surface area contributed by atoms with Crippen molar-refractivity contribution in [3.05, 3.63) is 42.0 Å². The maximum absolute atomic E-state index is 12.3. The van der Waals surface area contributed by atoms with E-state index >= 15 is 0 Å². The zero-order chi connectivity index (χ0) is 26.8. The Kier molecular flexibility index (Phi) is 16.8. The second-order valence-corrected chi connectivity index (χ2v) is 9.74. The molecule has 0 spiro atoms. The van der Waals surface area contributed by atoms with Crippen LogP contribution in [0.15, 0.2) is 35.8 Å². The van der Waals surface area contributed by atoms with Crippen LogP contribution in [-0.2, 0) is 11.2 Å². The molecule has 1 atom stereocenters. The number of hydrogen-bond acceptors (Lipinski definition) is 5. The van der Waals surface area contributed by atoms with Crippen LogP contribution in [0.4, 0.5) is 0 Å². The van der Waals surface area contributed by atoms with Crippen LogP contribution in [0, 0.1) is 11.8 Å².